The fraction of sp³-hybridized carbons (Fsp3) is 0.500. The zero-order valence-electron chi connectivity index (χ0n) is 11.1. The minimum Gasteiger partial charge on any atom is -0.328 e. The van der Waals surface area contributed by atoms with E-state index >= 15 is 0 Å². The number of nitrogens with one attached hydrogen (secondary N) is 2. The maximum absolute atomic E-state index is 12.6. The third-order valence-electron chi connectivity index (χ3n) is 3.97. The van der Waals surface area contributed by atoms with Crippen LogP contribution in [0.4, 0.5) is 0 Å². The van der Waals surface area contributed by atoms with E-state index < -0.39 is 0 Å². The van der Waals surface area contributed by atoms with Crippen LogP contribution >= 0.6 is 15.9 Å². The molecule has 2 aromatic heterocycles. The van der Waals surface area contributed by atoms with Gasteiger partial charge >= 0.3 is 5.69 Å². The van der Waals surface area contributed by atoms with Crippen molar-refractivity contribution < 1.29 is 4.79 Å². The number of H-pyrrole nitrogens is 2. The number of aromatic amines is 2. The highest BCUT2D eigenvalue weighted by atomic mass is 79.9. The first-order valence-electron chi connectivity index (χ1n) is 6.82. The van der Waals surface area contributed by atoms with E-state index in [1.807, 2.05) is 0 Å². The second-order valence-electron chi connectivity index (χ2n) is 5.40. The van der Waals surface area contributed by atoms with Gasteiger partial charge in [-0.2, -0.15) is 10.2 Å². The fourth-order valence-corrected chi connectivity index (χ4v) is 3.29. The number of hydrogen-bond acceptors (Lipinski definition) is 4. The Morgan fingerprint density at radius 3 is 2.81 bits per heavy atom. The van der Waals surface area contributed by atoms with Crippen molar-refractivity contribution in [1.29, 1.82) is 0 Å². The predicted octanol–water partition coefficient (Wildman–Crippen LogP) is 0.590. The molecule has 0 aromatic carbocycles. The van der Waals surface area contributed by atoms with E-state index in [0.29, 0.717) is 37.1 Å². The molecule has 0 bridgehead atoms. The summed E-state index contributed by atoms with van der Waals surface area (Å²) < 4.78 is 2.32. The molecule has 110 valence electrons. The average molecular weight is 353 g/mol. The third kappa shape index (κ3) is 2.03. The van der Waals surface area contributed by atoms with Gasteiger partial charge < -0.3 is 4.90 Å². The second-order valence-corrected chi connectivity index (χ2v) is 6.19. The molecule has 1 amide bonds. The van der Waals surface area contributed by atoms with Crippen LogP contribution in [0.15, 0.2) is 9.27 Å². The summed E-state index contributed by atoms with van der Waals surface area (Å²) in [6.45, 7) is 1.24. The molecule has 0 unspecified atom stereocenters. The van der Waals surface area contributed by atoms with Crippen LogP contribution in [0.1, 0.15) is 40.8 Å². The molecular formula is C12H13BrN6O2. The minimum absolute atomic E-state index is 0.147. The summed E-state index contributed by atoms with van der Waals surface area (Å²) in [4.78, 5) is 25.7. The molecule has 0 saturated heterocycles. The highest BCUT2D eigenvalue weighted by molar-refractivity contribution is 9.10. The molecule has 0 atom stereocenters. The number of nitrogens with zero attached hydrogens (tertiary/aromatic N) is 4. The van der Waals surface area contributed by atoms with Gasteiger partial charge in [0, 0.05) is 19.0 Å². The lowest BCUT2D eigenvalue weighted by Gasteiger charge is -2.26. The lowest BCUT2D eigenvalue weighted by atomic mass is 10.2. The number of fused-ring (bicyclic) bond motifs is 1. The first-order valence-corrected chi connectivity index (χ1v) is 7.61. The third-order valence-corrected chi connectivity index (χ3v) is 4.77. The van der Waals surface area contributed by atoms with E-state index in [1.54, 1.807) is 9.47 Å². The fourth-order valence-electron chi connectivity index (χ4n) is 2.62. The lowest BCUT2D eigenvalue weighted by Crippen LogP contribution is -2.40. The Balaban J connectivity index is 1.59. The van der Waals surface area contributed by atoms with Crippen LogP contribution < -0.4 is 5.69 Å². The van der Waals surface area contributed by atoms with Crippen molar-refractivity contribution in [3.63, 3.8) is 0 Å². The van der Waals surface area contributed by atoms with Crippen molar-refractivity contribution in [2.24, 2.45) is 0 Å². The van der Waals surface area contributed by atoms with Crippen LogP contribution in [-0.4, -0.2) is 42.3 Å². The van der Waals surface area contributed by atoms with Gasteiger partial charge in [-0.1, -0.05) is 0 Å². The summed E-state index contributed by atoms with van der Waals surface area (Å²) in [7, 11) is 0. The molecule has 1 fully saturated rings. The monoisotopic (exact) mass is 352 g/mol. The van der Waals surface area contributed by atoms with Gasteiger partial charge in [0.25, 0.3) is 5.91 Å². The molecule has 1 saturated carbocycles. The van der Waals surface area contributed by atoms with E-state index in [4.69, 9.17) is 0 Å². The van der Waals surface area contributed by atoms with Crippen LogP contribution in [0, 0.1) is 0 Å². The van der Waals surface area contributed by atoms with E-state index in [2.05, 4.69) is 36.3 Å². The van der Waals surface area contributed by atoms with E-state index in [0.717, 1.165) is 23.0 Å². The van der Waals surface area contributed by atoms with Gasteiger partial charge in [0.1, 0.15) is 0 Å². The molecule has 2 aliphatic rings. The zero-order chi connectivity index (χ0) is 14.6. The quantitative estimate of drug-likeness (QED) is 0.825. The molecule has 0 radical (unpaired) electrons. The maximum atomic E-state index is 12.6. The SMILES string of the molecule is O=C(c1n[nH]c(C2CC2)c1Br)N1CCn2c(n[nH]c2=O)C1. The van der Waals surface area contributed by atoms with Crippen LogP contribution in [0.2, 0.25) is 0 Å². The number of aromatic nitrogens is 5. The standard InChI is InChI=1S/C12H13BrN6O2/c13-8-9(6-1-2-6)15-16-10(8)11(20)18-3-4-19-7(5-18)14-17-12(19)21/h6H,1-5H2,(H,15,16)(H,17,21). The van der Waals surface area contributed by atoms with Crippen molar-refractivity contribution in [3.05, 3.63) is 32.2 Å². The van der Waals surface area contributed by atoms with Gasteiger partial charge in [-0.25, -0.2) is 9.89 Å². The second kappa shape index (κ2) is 4.55. The highest BCUT2D eigenvalue weighted by Crippen LogP contribution is 2.43. The van der Waals surface area contributed by atoms with Crippen molar-refractivity contribution in [3.8, 4) is 0 Å². The van der Waals surface area contributed by atoms with Gasteiger partial charge in [-0.3, -0.25) is 14.5 Å². The lowest BCUT2D eigenvalue weighted by molar-refractivity contribution is 0.0699. The number of rotatable bonds is 2. The van der Waals surface area contributed by atoms with Gasteiger partial charge in [-0.05, 0) is 28.8 Å². The number of carbonyl (C=O) groups excluding carboxylic acids is 1. The summed E-state index contributed by atoms with van der Waals surface area (Å²) in [6.07, 6.45) is 2.27. The predicted molar refractivity (Wildman–Crippen MR) is 75.9 cm³/mol. The van der Waals surface area contributed by atoms with Crippen LogP contribution in [0.3, 0.4) is 0 Å². The average Bonchev–Trinajstić information content (AvgIpc) is 3.17. The van der Waals surface area contributed by atoms with Gasteiger partial charge in [0.15, 0.2) is 11.5 Å². The molecule has 9 heteroatoms. The molecule has 3 heterocycles. The first-order chi connectivity index (χ1) is 10.1. The Labute approximate surface area is 127 Å². The van der Waals surface area contributed by atoms with E-state index in [9.17, 15) is 9.59 Å². The number of hydrogen-bond donors (Lipinski definition) is 2. The summed E-state index contributed by atoms with van der Waals surface area (Å²) in [6, 6.07) is 0. The van der Waals surface area contributed by atoms with Crippen LogP contribution in [0.25, 0.3) is 0 Å². The van der Waals surface area contributed by atoms with Crippen molar-refractivity contribution >= 4 is 21.8 Å². The maximum Gasteiger partial charge on any atom is 0.343 e. The minimum atomic E-state index is -0.228. The smallest absolute Gasteiger partial charge is 0.328 e. The van der Waals surface area contributed by atoms with Crippen molar-refractivity contribution in [2.75, 3.05) is 6.54 Å². The van der Waals surface area contributed by atoms with Gasteiger partial charge in [0.2, 0.25) is 0 Å². The number of amides is 1. The normalized spacial score (nSPS) is 17.9. The molecule has 4 rings (SSSR count). The summed E-state index contributed by atoms with van der Waals surface area (Å²) in [5.74, 6) is 0.923. The van der Waals surface area contributed by atoms with Gasteiger partial charge in [0.05, 0.1) is 16.7 Å². The van der Waals surface area contributed by atoms with E-state index in [-0.39, 0.29) is 11.6 Å². The molecule has 1 aliphatic carbocycles. The largest absolute Gasteiger partial charge is 0.343 e. The van der Waals surface area contributed by atoms with Gasteiger partial charge in [-0.15, -0.1) is 0 Å². The molecule has 21 heavy (non-hydrogen) atoms. The van der Waals surface area contributed by atoms with Crippen molar-refractivity contribution in [2.45, 2.75) is 31.8 Å². The van der Waals surface area contributed by atoms with Crippen LogP contribution in [-0.2, 0) is 13.1 Å². The van der Waals surface area contributed by atoms with E-state index in [1.165, 1.54) is 0 Å². The first kappa shape index (κ1) is 12.8. The molecular weight excluding hydrogens is 340 g/mol. The summed E-state index contributed by atoms with van der Waals surface area (Å²) in [5, 5.41) is 13.5. The summed E-state index contributed by atoms with van der Waals surface area (Å²) >= 11 is 3.48. The van der Waals surface area contributed by atoms with Crippen molar-refractivity contribution in [1.82, 2.24) is 29.9 Å². The Morgan fingerprint density at radius 1 is 1.24 bits per heavy atom. The van der Waals surface area contributed by atoms with Crippen LogP contribution in [0.5, 0.6) is 0 Å². The Kier molecular flexibility index (Phi) is 2.78. The highest BCUT2D eigenvalue weighted by Gasteiger charge is 2.32. The summed E-state index contributed by atoms with van der Waals surface area (Å²) in [5.41, 5.74) is 1.18. The Bertz CT molecular complexity index is 771. The number of halogens is 1. The molecule has 2 N–H and O–H groups in total. The molecule has 0 spiro atoms. The molecule has 2 aromatic rings. The zero-order valence-corrected chi connectivity index (χ0v) is 12.7. The molecule has 8 nitrogen and oxygen atoms in total. The topological polar surface area (TPSA) is 99.7 Å². The number of carbonyl (C=O) groups is 1. The molecule has 1 aliphatic heterocycles. The Hall–Kier alpha value is -1.90. The Morgan fingerprint density at radius 2 is 2.05 bits per heavy atom.